The van der Waals surface area contributed by atoms with Gasteiger partial charge in [-0.2, -0.15) is 0 Å². The van der Waals surface area contributed by atoms with E-state index in [4.69, 9.17) is 9.72 Å². The number of methoxy groups -OCH3 is 1. The van der Waals surface area contributed by atoms with Gasteiger partial charge in [-0.1, -0.05) is 17.7 Å². The van der Waals surface area contributed by atoms with Gasteiger partial charge in [-0.25, -0.2) is 15.0 Å². The second kappa shape index (κ2) is 8.07. The fourth-order valence-electron chi connectivity index (χ4n) is 4.49. The molecule has 0 unspecified atom stereocenters. The van der Waals surface area contributed by atoms with Crippen LogP contribution in [0.15, 0.2) is 54.9 Å². The van der Waals surface area contributed by atoms with Crippen molar-refractivity contribution in [3.05, 3.63) is 71.8 Å². The Bertz CT molecular complexity index is 1280. The summed E-state index contributed by atoms with van der Waals surface area (Å²) in [6, 6.07) is 13.4. The number of nitrogens with one attached hydrogen (secondary N) is 1. The number of likely N-dealkylation sites (tertiary alicyclic amines) is 1. The van der Waals surface area contributed by atoms with Gasteiger partial charge in [-0.05, 0) is 51.0 Å². The van der Waals surface area contributed by atoms with Crippen LogP contribution in [0.4, 0.5) is 0 Å². The molecule has 1 N–H and O–H groups in total. The quantitative estimate of drug-likeness (QED) is 0.510. The topological polar surface area (TPSA) is 84.0 Å². The van der Waals surface area contributed by atoms with Gasteiger partial charge in [0.15, 0.2) is 5.82 Å². The summed E-state index contributed by atoms with van der Waals surface area (Å²) >= 11 is 0. The van der Waals surface area contributed by atoms with E-state index in [2.05, 4.69) is 21.9 Å². The number of hydrogen-bond acceptors (Lipinski definition) is 5. The zero-order chi connectivity index (χ0) is 22.2. The molecule has 4 aromatic rings. The Morgan fingerprint density at radius 3 is 2.72 bits per heavy atom. The number of H-pyrrole nitrogens is 1. The first-order valence-corrected chi connectivity index (χ1v) is 10.8. The van der Waals surface area contributed by atoms with Crippen LogP contribution >= 0.6 is 0 Å². The lowest BCUT2D eigenvalue weighted by Crippen LogP contribution is -2.36. The maximum Gasteiger partial charge on any atom is 0.255 e. The Balaban J connectivity index is 1.55. The van der Waals surface area contributed by atoms with Gasteiger partial charge in [0.2, 0.25) is 0 Å². The van der Waals surface area contributed by atoms with Gasteiger partial charge in [-0.15, -0.1) is 0 Å². The second-order valence-electron chi connectivity index (χ2n) is 8.28. The summed E-state index contributed by atoms with van der Waals surface area (Å²) in [4.78, 5) is 32.8. The van der Waals surface area contributed by atoms with Crippen molar-refractivity contribution in [3.8, 4) is 17.1 Å². The molecule has 2 aromatic heterocycles. The molecule has 5 rings (SSSR count). The highest BCUT2D eigenvalue weighted by Crippen LogP contribution is 2.38. The third-order valence-corrected chi connectivity index (χ3v) is 6.14. The van der Waals surface area contributed by atoms with E-state index in [-0.39, 0.29) is 18.0 Å². The number of ether oxygens (including phenoxy) is 1. The molecule has 1 aliphatic heterocycles. The lowest BCUT2D eigenvalue weighted by Gasteiger charge is -2.28. The van der Waals surface area contributed by atoms with Gasteiger partial charge < -0.3 is 14.6 Å². The highest BCUT2D eigenvalue weighted by Gasteiger charge is 2.38. The number of carbonyl (C=O) groups is 1. The first-order chi connectivity index (χ1) is 15.5. The zero-order valence-corrected chi connectivity index (χ0v) is 18.4. The summed E-state index contributed by atoms with van der Waals surface area (Å²) in [5.74, 6) is 2.09. The van der Waals surface area contributed by atoms with Gasteiger partial charge in [0.25, 0.3) is 5.91 Å². The minimum atomic E-state index is -0.124. The third kappa shape index (κ3) is 3.49. The molecular weight excluding hydrogens is 402 g/mol. The monoisotopic (exact) mass is 427 g/mol. The molecule has 3 heterocycles. The van der Waals surface area contributed by atoms with Crippen LogP contribution in [-0.2, 0) is 0 Å². The Labute approximate surface area is 186 Å². The van der Waals surface area contributed by atoms with Gasteiger partial charge in [0.05, 0.1) is 29.7 Å². The van der Waals surface area contributed by atoms with E-state index in [1.807, 2.05) is 48.2 Å². The van der Waals surface area contributed by atoms with Crippen LogP contribution in [0.2, 0.25) is 0 Å². The first kappa shape index (κ1) is 20.2. The molecule has 0 saturated carbocycles. The number of amides is 1. The number of hydrogen-bond donors (Lipinski definition) is 1. The second-order valence-corrected chi connectivity index (χ2v) is 8.28. The number of aromatic nitrogens is 4. The van der Waals surface area contributed by atoms with Gasteiger partial charge >= 0.3 is 0 Å². The summed E-state index contributed by atoms with van der Waals surface area (Å²) < 4.78 is 5.33. The van der Waals surface area contributed by atoms with Crippen molar-refractivity contribution in [1.29, 1.82) is 0 Å². The molecule has 162 valence electrons. The van der Waals surface area contributed by atoms with Gasteiger partial charge in [0.1, 0.15) is 11.6 Å². The number of aromatic amines is 1. The van der Waals surface area contributed by atoms with Gasteiger partial charge in [0, 0.05) is 30.1 Å². The summed E-state index contributed by atoms with van der Waals surface area (Å²) in [6.07, 6.45) is 5.16. The number of benzene rings is 2. The Kier molecular flexibility index (Phi) is 5.09. The smallest absolute Gasteiger partial charge is 0.255 e. The van der Waals surface area contributed by atoms with Crippen molar-refractivity contribution < 1.29 is 9.53 Å². The molecule has 2 aromatic carbocycles. The van der Waals surface area contributed by atoms with Crippen molar-refractivity contribution in [2.24, 2.45) is 0 Å². The summed E-state index contributed by atoms with van der Waals surface area (Å²) in [5.41, 5.74) is 4.15. The number of nitrogens with zero attached hydrogens (tertiary/aromatic N) is 4. The fraction of sp³-hybridized carbons (Fsp3) is 0.280. The lowest BCUT2D eigenvalue weighted by atomic mass is 10.0. The molecule has 2 atom stereocenters. The van der Waals surface area contributed by atoms with Gasteiger partial charge in [-0.3, -0.25) is 4.79 Å². The average Bonchev–Trinajstić information content (AvgIpc) is 3.41. The van der Waals surface area contributed by atoms with Crippen LogP contribution in [0.3, 0.4) is 0 Å². The first-order valence-electron chi connectivity index (χ1n) is 10.8. The molecule has 7 heteroatoms. The Morgan fingerprint density at radius 2 is 1.94 bits per heavy atom. The number of fused-ring (bicyclic) bond motifs is 1. The summed E-state index contributed by atoms with van der Waals surface area (Å²) in [7, 11) is 1.64. The van der Waals surface area contributed by atoms with Crippen molar-refractivity contribution in [3.63, 3.8) is 0 Å². The van der Waals surface area contributed by atoms with Crippen LogP contribution in [0.25, 0.3) is 22.4 Å². The Morgan fingerprint density at radius 1 is 1.12 bits per heavy atom. The normalized spacial score (nSPS) is 18.3. The van der Waals surface area contributed by atoms with E-state index in [1.165, 1.54) is 0 Å². The lowest BCUT2D eigenvalue weighted by molar-refractivity contribution is 0.0673. The largest absolute Gasteiger partial charge is 0.497 e. The standard InChI is InChI=1S/C25H25N5O2/c1-15-5-8-18(23-26-11-4-12-27-23)19(13-15)25(31)30-16(2)6-10-22(30)24-28-20-9-7-17(32-3)14-21(20)29-24/h4-5,7-9,11-14,16,22H,6,10H2,1-3H3,(H,28,29)/t16-,22+/m1/s1. The van der Waals surface area contributed by atoms with E-state index in [0.29, 0.717) is 11.4 Å². The number of imidazole rings is 1. The van der Waals surface area contributed by atoms with Crippen molar-refractivity contribution in [2.45, 2.75) is 38.8 Å². The minimum Gasteiger partial charge on any atom is -0.497 e. The van der Waals surface area contributed by atoms with Crippen molar-refractivity contribution in [1.82, 2.24) is 24.8 Å². The Hall–Kier alpha value is -3.74. The van der Waals surface area contributed by atoms with Crippen molar-refractivity contribution >= 4 is 16.9 Å². The number of aryl methyl sites for hydroxylation is 1. The molecule has 0 aliphatic carbocycles. The van der Waals surface area contributed by atoms with Crippen molar-refractivity contribution in [2.75, 3.05) is 7.11 Å². The molecule has 0 bridgehead atoms. The van der Waals surface area contributed by atoms with E-state index < -0.39 is 0 Å². The third-order valence-electron chi connectivity index (χ3n) is 6.14. The van der Waals surface area contributed by atoms with Crippen LogP contribution in [0, 0.1) is 6.92 Å². The van der Waals surface area contributed by atoms with Crippen LogP contribution in [-0.4, -0.2) is 43.9 Å². The summed E-state index contributed by atoms with van der Waals surface area (Å²) in [5, 5.41) is 0. The van der Waals surface area contributed by atoms with E-state index in [9.17, 15) is 4.79 Å². The highest BCUT2D eigenvalue weighted by atomic mass is 16.5. The van der Waals surface area contributed by atoms with E-state index in [0.717, 1.165) is 46.6 Å². The average molecular weight is 428 g/mol. The fourth-order valence-corrected chi connectivity index (χ4v) is 4.49. The molecule has 1 aliphatic rings. The van der Waals surface area contributed by atoms with Crippen LogP contribution in [0.5, 0.6) is 5.75 Å². The predicted octanol–water partition coefficient (Wildman–Crippen LogP) is 4.70. The summed E-state index contributed by atoms with van der Waals surface area (Å²) in [6.45, 7) is 4.09. The molecule has 0 spiro atoms. The van der Waals surface area contributed by atoms with E-state index in [1.54, 1.807) is 25.6 Å². The van der Waals surface area contributed by atoms with Crippen LogP contribution < -0.4 is 4.74 Å². The minimum absolute atomic E-state index is 0.0239. The SMILES string of the molecule is COc1ccc2[nH]c([C@@H]3CC[C@@H](C)N3C(=O)c3cc(C)ccc3-c3ncccn3)nc2c1. The predicted molar refractivity (Wildman–Crippen MR) is 122 cm³/mol. The molecular formula is C25H25N5O2. The maximum atomic E-state index is 13.9. The molecule has 0 radical (unpaired) electrons. The van der Waals surface area contributed by atoms with Crippen LogP contribution in [0.1, 0.15) is 47.6 Å². The molecule has 1 saturated heterocycles. The molecule has 7 nitrogen and oxygen atoms in total. The highest BCUT2D eigenvalue weighted by molar-refractivity contribution is 6.01. The molecule has 32 heavy (non-hydrogen) atoms. The number of rotatable bonds is 4. The number of carbonyl (C=O) groups excluding carboxylic acids is 1. The maximum absolute atomic E-state index is 13.9. The molecule has 1 fully saturated rings. The molecule has 1 amide bonds. The zero-order valence-electron chi connectivity index (χ0n) is 18.4. The van der Waals surface area contributed by atoms with E-state index >= 15 is 0 Å².